The molecule has 26 heavy (non-hydrogen) atoms. The van der Waals surface area contributed by atoms with Crippen molar-refractivity contribution in [3.05, 3.63) is 30.2 Å². The van der Waals surface area contributed by atoms with Crippen molar-refractivity contribution in [1.82, 2.24) is 15.2 Å². The molecule has 0 aliphatic carbocycles. The molecule has 0 spiro atoms. The van der Waals surface area contributed by atoms with Gasteiger partial charge in [-0.05, 0) is 49.4 Å². The number of aromatic nitrogens is 2. The number of amides is 1. The quantitative estimate of drug-likeness (QED) is 0.820. The van der Waals surface area contributed by atoms with Crippen LogP contribution in [0.3, 0.4) is 0 Å². The highest BCUT2D eigenvalue weighted by Crippen LogP contribution is 2.26. The van der Waals surface area contributed by atoms with Crippen molar-refractivity contribution in [2.45, 2.75) is 32.1 Å². The molecular weight excluding hydrogens is 332 g/mol. The number of hydrogen-bond acceptors (Lipinski definition) is 6. The molecule has 0 N–H and O–H groups in total. The van der Waals surface area contributed by atoms with Crippen LogP contribution < -0.4 is 4.90 Å². The first-order chi connectivity index (χ1) is 12.7. The molecule has 1 aromatic carbocycles. The van der Waals surface area contributed by atoms with Gasteiger partial charge >= 0.3 is 0 Å². The van der Waals surface area contributed by atoms with E-state index in [1.807, 2.05) is 34.2 Å². The third-order valence-corrected chi connectivity index (χ3v) is 5.27. The second-order valence-electron chi connectivity index (χ2n) is 6.97. The van der Waals surface area contributed by atoms with Crippen LogP contribution in [0.2, 0.25) is 0 Å². The Balaban J connectivity index is 1.39. The Bertz CT molecular complexity index is 750. The van der Waals surface area contributed by atoms with Crippen molar-refractivity contribution < 1.29 is 14.2 Å². The highest BCUT2D eigenvalue weighted by molar-refractivity contribution is 5.95. The molecule has 0 saturated carbocycles. The summed E-state index contributed by atoms with van der Waals surface area (Å²) in [5, 5.41) is 6.11. The summed E-state index contributed by atoms with van der Waals surface area (Å²) in [6.07, 6.45) is 4.52. The third kappa shape index (κ3) is 3.64. The minimum atomic E-state index is 0.194. The van der Waals surface area contributed by atoms with E-state index in [9.17, 15) is 4.79 Å². The van der Waals surface area contributed by atoms with E-state index in [0.29, 0.717) is 24.1 Å². The van der Waals surface area contributed by atoms with Crippen molar-refractivity contribution in [1.29, 1.82) is 0 Å². The maximum absolute atomic E-state index is 11.8. The van der Waals surface area contributed by atoms with Crippen molar-refractivity contribution in [3.8, 4) is 11.4 Å². The predicted octanol–water partition coefficient (Wildman–Crippen LogP) is 2.68. The first-order valence-electron chi connectivity index (χ1n) is 9.25. The largest absolute Gasteiger partial charge is 0.339 e. The van der Waals surface area contributed by atoms with E-state index in [4.69, 9.17) is 9.36 Å². The molecule has 1 aromatic heterocycles. The molecule has 7 nitrogen and oxygen atoms in total. The molecule has 2 fully saturated rings. The molecule has 0 atom stereocenters. The normalized spacial score (nSPS) is 19.4. The smallest absolute Gasteiger partial charge is 0.227 e. The summed E-state index contributed by atoms with van der Waals surface area (Å²) in [5.74, 6) is 2.04. The van der Waals surface area contributed by atoms with Crippen LogP contribution in [0.5, 0.6) is 0 Å². The monoisotopic (exact) mass is 356 g/mol. The van der Waals surface area contributed by atoms with E-state index in [1.165, 1.54) is 0 Å². The van der Waals surface area contributed by atoms with Crippen LogP contribution in [0.25, 0.3) is 11.4 Å². The van der Waals surface area contributed by atoms with Crippen LogP contribution >= 0.6 is 0 Å². The van der Waals surface area contributed by atoms with Gasteiger partial charge in [-0.3, -0.25) is 4.79 Å². The number of anilines is 1. The number of carbonyl (C=O) groups excluding carboxylic acids is 1. The van der Waals surface area contributed by atoms with Gasteiger partial charge in [-0.1, -0.05) is 5.16 Å². The van der Waals surface area contributed by atoms with Gasteiger partial charge in [0.1, 0.15) is 0 Å². The number of hydrogen-bond donors (Lipinski definition) is 0. The lowest BCUT2D eigenvalue weighted by atomic mass is 9.94. The first kappa shape index (κ1) is 17.2. The van der Waals surface area contributed by atoms with Crippen molar-refractivity contribution in [2.24, 2.45) is 5.92 Å². The second-order valence-corrected chi connectivity index (χ2v) is 6.97. The number of piperidine rings is 1. The van der Waals surface area contributed by atoms with Gasteiger partial charge in [-0.2, -0.15) is 10.0 Å². The number of hydroxylamine groups is 2. The van der Waals surface area contributed by atoms with Gasteiger partial charge in [-0.15, -0.1) is 0 Å². The fourth-order valence-electron chi connectivity index (χ4n) is 3.71. The van der Waals surface area contributed by atoms with E-state index in [1.54, 1.807) is 7.11 Å². The summed E-state index contributed by atoms with van der Waals surface area (Å²) >= 11 is 0. The highest BCUT2D eigenvalue weighted by Gasteiger charge is 2.23. The second kappa shape index (κ2) is 7.55. The molecule has 0 radical (unpaired) electrons. The molecule has 138 valence electrons. The van der Waals surface area contributed by atoms with Crippen molar-refractivity contribution in [2.75, 3.05) is 31.6 Å². The van der Waals surface area contributed by atoms with E-state index in [-0.39, 0.29) is 5.91 Å². The van der Waals surface area contributed by atoms with Crippen molar-refractivity contribution in [3.63, 3.8) is 0 Å². The number of benzene rings is 1. The lowest BCUT2D eigenvalue weighted by Gasteiger charge is -2.29. The summed E-state index contributed by atoms with van der Waals surface area (Å²) < 4.78 is 5.45. The number of nitrogens with zero attached hydrogens (tertiary/aromatic N) is 4. The summed E-state index contributed by atoms with van der Waals surface area (Å²) in [6, 6.07) is 7.81. The van der Waals surface area contributed by atoms with Crippen LogP contribution in [-0.2, 0) is 16.1 Å². The Kier molecular flexibility index (Phi) is 4.99. The molecule has 0 bridgehead atoms. The molecule has 7 heteroatoms. The van der Waals surface area contributed by atoms with E-state index < -0.39 is 0 Å². The molecule has 4 rings (SSSR count). The Morgan fingerprint density at radius 1 is 1.19 bits per heavy atom. The molecule has 3 heterocycles. The van der Waals surface area contributed by atoms with Crippen LogP contribution in [0.4, 0.5) is 5.69 Å². The standard InChI is InChI=1S/C19H24N4O3/c1-25-22-11-8-14(9-12-22)13-17-20-19(21-26-17)15-4-6-16(7-5-15)23-10-2-3-18(23)24/h4-7,14H,2-3,8-13H2,1H3. The summed E-state index contributed by atoms with van der Waals surface area (Å²) in [6.45, 7) is 2.68. The van der Waals surface area contributed by atoms with Gasteiger partial charge in [0, 0.05) is 43.7 Å². The van der Waals surface area contributed by atoms with Crippen LogP contribution in [-0.4, -0.2) is 47.9 Å². The van der Waals surface area contributed by atoms with E-state index in [0.717, 1.165) is 56.6 Å². The van der Waals surface area contributed by atoms with E-state index in [2.05, 4.69) is 10.1 Å². The average molecular weight is 356 g/mol. The fraction of sp³-hybridized carbons (Fsp3) is 0.526. The lowest BCUT2D eigenvalue weighted by Crippen LogP contribution is -2.33. The Morgan fingerprint density at radius 3 is 2.62 bits per heavy atom. The molecular formula is C19H24N4O3. The van der Waals surface area contributed by atoms with Gasteiger partial charge in [0.05, 0.1) is 7.11 Å². The Morgan fingerprint density at radius 2 is 1.96 bits per heavy atom. The Labute approximate surface area is 152 Å². The third-order valence-electron chi connectivity index (χ3n) is 5.27. The summed E-state index contributed by atoms with van der Waals surface area (Å²) in [4.78, 5) is 23.5. The van der Waals surface area contributed by atoms with Crippen molar-refractivity contribution >= 4 is 11.6 Å². The van der Waals surface area contributed by atoms with Crippen LogP contribution in [0, 0.1) is 5.92 Å². The predicted molar refractivity (Wildman–Crippen MR) is 96.3 cm³/mol. The zero-order valence-corrected chi connectivity index (χ0v) is 15.1. The SMILES string of the molecule is CON1CCC(Cc2nc(-c3ccc(N4CCCC4=O)cc3)no2)CC1. The number of carbonyl (C=O) groups is 1. The minimum Gasteiger partial charge on any atom is -0.339 e. The lowest BCUT2D eigenvalue weighted by molar-refractivity contribution is -0.148. The van der Waals surface area contributed by atoms with Gasteiger partial charge in [0.25, 0.3) is 0 Å². The molecule has 0 unspecified atom stereocenters. The molecule has 1 amide bonds. The zero-order valence-electron chi connectivity index (χ0n) is 15.1. The summed E-state index contributed by atoms with van der Waals surface area (Å²) in [7, 11) is 1.72. The zero-order chi connectivity index (χ0) is 17.9. The number of rotatable bonds is 5. The molecule has 2 saturated heterocycles. The van der Waals surface area contributed by atoms with Gasteiger partial charge in [0.15, 0.2) is 0 Å². The van der Waals surface area contributed by atoms with Gasteiger partial charge < -0.3 is 14.3 Å². The Hall–Kier alpha value is -2.25. The maximum Gasteiger partial charge on any atom is 0.227 e. The molecule has 2 aliphatic rings. The molecule has 2 aliphatic heterocycles. The first-order valence-corrected chi connectivity index (χ1v) is 9.25. The highest BCUT2D eigenvalue weighted by atomic mass is 16.7. The summed E-state index contributed by atoms with van der Waals surface area (Å²) in [5.41, 5.74) is 1.84. The molecule has 2 aromatic rings. The van der Waals surface area contributed by atoms with Gasteiger partial charge in [0.2, 0.25) is 17.6 Å². The maximum atomic E-state index is 11.8. The van der Waals surface area contributed by atoms with Gasteiger partial charge in [-0.25, -0.2) is 0 Å². The fourth-order valence-corrected chi connectivity index (χ4v) is 3.71. The average Bonchev–Trinajstić information content (AvgIpc) is 3.32. The van der Waals surface area contributed by atoms with E-state index >= 15 is 0 Å². The topological polar surface area (TPSA) is 71.7 Å². The van der Waals surface area contributed by atoms with Crippen LogP contribution in [0.15, 0.2) is 28.8 Å². The minimum absolute atomic E-state index is 0.194. The van der Waals surface area contributed by atoms with Crippen LogP contribution in [0.1, 0.15) is 31.6 Å².